The molecule has 20 heavy (non-hydrogen) atoms. The quantitative estimate of drug-likeness (QED) is 0.909. The number of piperidine rings is 1. The molecule has 0 radical (unpaired) electrons. The molecule has 3 atom stereocenters. The Hall–Kier alpha value is -0.870. The third kappa shape index (κ3) is 2.51. The van der Waals surface area contributed by atoms with Gasteiger partial charge >= 0.3 is 0 Å². The summed E-state index contributed by atoms with van der Waals surface area (Å²) in [6.07, 6.45) is 4.22. The first-order valence-electron chi connectivity index (χ1n) is 7.80. The first-order chi connectivity index (χ1) is 9.70. The molecule has 3 unspecified atom stereocenters. The van der Waals surface area contributed by atoms with Crippen LogP contribution in [0.5, 0.6) is 0 Å². The Morgan fingerprint density at radius 1 is 1.55 bits per heavy atom. The molecular formula is C16H24N2OS. The van der Waals surface area contributed by atoms with Crippen LogP contribution in [0.2, 0.25) is 0 Å². The number of hydrogen-bond acceptors (Lipinski definition) is 3. The Kier molecular flexibility index (Phi) is 4.13. The standard InChI is InChI=1S/C16H24N2OS/c1-3-14-12-6-9-20-15(12)5-8-18(14)16(19)13-10-11(2)4-7-17-13/h6,9,11,13-14,17H,3-5,7-8,10H2,1-2H3. The van der Waals surface area contributed by atoms with E-state index in [1.807, 2.05) is 11.3 Å². The molecule has 0 bridgehead atoms. The maximum atomic E-state index is 12.9. The molecule has 0 saturated carbocycles. The van der Waals surface area contributed by atoms with E-state index in [1.165, 1.54) is 16.9 Å². The number of amides is 1. The first kappa shape index (κ1) is 14.1. The summed E-state index contributed by atoms with van der Waals surface area (Å²) in [6.45, 7) is 6.31. The van der Waals surface area contributed by atoms with Crippen molar-refractivity contribution in [3.63, 3.8) is 0 Å². The van der Waals surface area contributed by atoms with Crippen molar-refractivity contribution < 1.29 is 4.79 Å². The van der Waals surface area contributed by atoms with Crippen LogP contribution < -0.4 is 5.32 Å². The second kappa shape index (κ2) is 5.86. The minimum absolute atomic E-state index is 0.0352. The molecule has 0 aromatic carbocycles. The van der Waals surface area contributed by atoms with Gasteiger partial charge in [0.05, 0.1) is 12.1 Å². The van der Waals surface area contributed by atoms with Crippen LogP contribution in [0.1, 0.15) is 49.6 Å². The summed E-state index contributed by atoms with van der Waals surface area (Å²) in [5, 5.41) is 5.59. The van der Waals surface area contributed by atoms with Crippen LogP contribution in [0.3, 0.4) is 0 Å². The van der Waals surface area contributed by atoms with E-state index in [4.69, 9.17) is 0 Å². The molecule has 1 aromatic rings. The Balaban J connectivity index is 1.78. The fourth-order valence-electron chi connectivity index (χ4n) is 3.60. The van der Waals surface area contributed by atoms with Gasteiger partial charge in [-0.05, 0) is 55.2 Å². The van der Waals surface area contributed by atoms with Crippen molar-refractivity contribution in [3.8, 4) is 0 Å². The number of rotatable bonds is 2. The molecule has 3 heterocycles. The fourth-order valence-corrected chi connectivity index (χ4v) is 4.52. The van der Waals surface area contributed by atoms with E-state index in [9.17, 15) is 4.79 Å². The highest BCUT2D eigenvalue weighted by molar-refractivity contribution is 7.10. The number of carbonyl (C=O) groups excluding carboxylic acids is 1. The number of nitrogens with zero attached hydrogens (tertiary/aromatic N) is 1. The second-order valence-corrected chi connectivity index (χ2v) is 7.14. The van der Waals surface area contributed by atoms with Gasteiger partial charge in [-0.1, -0.05) is 13.8 Å². The van der Waals surface area contributed by atoms with Crippen molar-refractivity contribution in [2.24, 2.45) is 5.92 Å². The highest BCUT2D eigenvalue weighted by Gasteiger charge is 2.35. The molecule has 1 saturated heterocycles. The molecule has 110 valence electrons. The maximum Gasteiger partial charge on any atom is 0.240 e. The molecular weight excluding hydrogens is 268 g/mol. The van der Waals surface area contributed by atoms with Gasteiger partial charge in [0.2, 0.25) is 5.91 Å². The first-order valence-corrected chi connectivity index (χ1v) is 8.68. The molecule has 1 fully saturated rings. The van der Waals surface area contributed by atoms with Crippen molar-refractivity contribution in [2.45, 2.75) is 51.6 Å². The molecule has 1 amide bonds. The topological polar surface area (TPSA) is 32.3 Å². The zero-order valence-electron chi connectivity index (χ0n) is 12.4. The van der Waals surface area contributed by atoms with E-state index in [0.717, 1.165) is 32.4 Å². The van der Waals surface area contributed by atoms with Crippen molar-refractivity contribution in [2.75, 3.05) is 13.1 Å². The molecule has 1 aromatic heterocycles. The van der Waals surface area contributed by atoms with Gasteiger partial charge in [0.15, 0.2) is 0 Å². The van der Waals surface area contributed by atoms with Crippen LogP contribution >= 0.6 is 11.3 Å². The van der Waals surface area contributed by atoms with Crippen LogP contribution in [-0.4, -0.2) is 29.9 Å². The van der Waals surface area contributed by atoms with Gasteiger partial charge in [-0.3, -0.25) is 4.79 Å². The average molecular weight is 292 g/mol. The minimum Gasteiger partial charge on any atom is -0.334 e. The number of nitrogens with one attached hydrogen (secondary N) is 1. The number of carbonyl (C=O) groups is 1. The molecule has 3 rings (SSSR count). The third-order valence-electron chi connectivity index (χ3n) is 4.73. The maximum absolute atomic E-state index is 12.9. The normalized spacial score (nSPS) is 30.1. The molecule has 2 aliphatic heterocycles. The predicted octanol–water partition coefficient (Wildman–Crippen LogP) is 2.97. The highest BCUT2D eigenvalue weighted by Crippen LogP contribution is 2.36. The summed E-state index contributed by atoms with van der Waals surface area (Å²) in [5.74, 6) is 0.979. The lowest BCUT2D eigenvalue weighted by Gasteiger charge is -2.39. The largest absolute Gasteiger partial charge is 0.334 e. The van der Waals surface area contributed by atoms with Crippen LogP contribution in [-0.2, 0) is 11.2 Å². The molecule has 2 aliphatic rings. The number of hydrogen-bond donors (Lipinski definition) is 1. The monoisotopic (exact) mass is 292 g/mol. The summed E-state index contributed by atoms with van der Waals surface area (Å²) in [7, 11) is 0. The van der Waals surface area contributed by atoms with Crippen molar-refractivity contribution in [3.05, 3.63) is 21.9 Å². The second-order valence-electron chi connectivity index (χ2n) is 6.14. The zero-order valence-corrected chi connectivity index (χ0v) is 13.2. The third-order valence-corrected chi connectivity index (χ3v) is 5.73. The van der Waals surface area contributed by atoms with Gasteiger partial charge in [0.1, 0.15) is 0 Å². The Labute approximate surface area is 125 Å². The van der Waals surface area contributed by atoms with E-state index in [2.05, 4.69) is 35.5 Å². The Morgan fingerprint density at radius 3 is 3.15 bits per heavy atom. The summed E-state index contributed by atoms with van der Waals surface area (Å²) >= 11 is 1.84. The Morgan fingerprint density at radius 2 is 2.40 bits per heavy atom. The van der Waals surface area contributed by atoms with Crippen LogP contribution in [0, 0.1) is 5.92 Å². The Bertz CT molecular complexity index is 485. The lowest BCUT2D eigenvalue weighted by atomic mass is 9.91. The van der Waals surface area contributed by atoms with Crippen molar-refractivity contribution in [1.29, 1.82) is 0 Å². The van der Waals surface area contributed by atoms with Gasteiger partial charge in [-0.15, -0.1) is 11.3 Å². The van der Waals surface area contributed by atoms with E-state index < -0.39 is 0 Å². The number of thiophene rings is 1. The predicted molar refractivity (Wildman–Crippen MR) is 83.0 cm³/mol. The lowest BCUT2D eigenvalue weighted by molar-refractivity contribution is -0.137. The van der Waals surface area contributed by atoms with Gasteiger partial charge in [-0.25, -0.2) is 0 Å². The van der Waals surface area contributed by atoms with Crippen molar-refractivity contribution >= 4 is 17.2 Å². The van der Waals surface area contributed by atoms with Gasteiger partial charge in [0, 0.05) is 11.4 Å². The average Bonchev–Trinajstić information content (AvgIpc) is 2.93. The fraction of sp³-hybridized carbons (Fsp3) is 0.688. The van der Waals surface area contributed by atoms with Gasteiger partial charge in [0.25, 0.3) is 0 Å². The summed E-state index contributed by atoms with van der Waals surface area (Å²) in [6, 6.07) is 2.54. The van der Waals surface area contributed by atoms with E-state index in [0.29, 0.717) is 11.8 Å². The van der Waals surface area contributed by atoms with Gasteiger partial charge in [-0.2, -0.15) is 0 Å². The van der Waals surface area contributed by atoms with Gasteiger partial charge < -0.3 is 10.2 Å². The molecule has 0 spiro atoms. The summed E-state index contributed by atoms with van der Waals surface area (Å²) in [5.41, 5.74) is 1.39. The minimum atomic E-state index is 0.0352. The lowest BCUT2D eigenvalue weighted by Crippen LogP contribution is -2.52. The van der Waals surface area contributed by atoms with E-state index >= 15 is 0 Å². The molecule has 4 heteroatoms. The summed E-state index contributed by atoms with van der Waals surface area (Å²) < 4.78 is 0. The highest BCUT2D eigenvalue weighted by atomic mass is 32.1. The van der Waals surface area contributed by atoms with E-state index in [1.54, 1.807) is 0 Å². The van der Waals surface area contributed by atoms with E-state index in [-0.39, 0.29) is 12.1 Å². The van der Waals surface area contributed by atoms with Crippen molar-refractivity contribution in [1.82, 2.24) is 10.2 Å². The molecule has 3 nitrogen and oxygen atoms in total. The molecule has 0 aliphatic carbocycles. The zero-order chi connectivity index (χ0) is 14.1. The molecule has 1 N–H and O–H groups in total. The van der Waals surface area contributed by atoms with Crippen LogP contribution in [0.15, 0.2) is 11.4 Å². The van der Waals surface area contributed by atoms with Crippen LogP contribution in [0.4, 0.5) is 0 Å². The smallest absolute Gasteiger partial charge is 0.240 e. The number of fused-ring (bicyclic) bond motifs is 1. The van der Waals surface area contributed by atoms with Crippen LogP contribution in [0.25, 0.3) is 0 Å². The SMILES string of the molecule is CCC1c2ccsc2CCN1C(=O)C1CC(C)CCN1. The summed E-state index contributed by atoms with van der Waals surface area (Å²) in [4.78, 5) is 16.5.